The Morgan fingerprint density at radius 2 is 1.53 bits per heavy atom. The Labute approximate surface area is 185 Å². The average Bonchev–Trinajstić information content (AvgIpc) is 2.72. The maximum atomic E-state index is 12.6. The van der Waals surface area contributed by atoms with E-state index in [2.05, 4.69) is 28.6 Å². The topological polar surface area (TPSA) is 197 Å². The first-order chi connectivity index (χ1) is 14.2. The summed E-state index contributed by atoms with van der Waals surface area (Å²) in [6.45, 7) is -0.289. The molecule has 9 N–H and O–H groups in total. The molecule has 0 fully saturated rings. The summed E-state index contributed by atoms with van der Waals surface area (Å²) in [5.74, 6) is -2.73. The molecule has 30 heavy (non-hydrogen) atoms. The molecule has 0 aliphatic heterocycles. The largest absolute Gasteiger partial charge is 0.480 e. The number of thioether (sulfide) groups is 1. The van der Waals surface area contributed by atoms with Gasteiger partial charge >= 0.3 is 5.97 Å². The zero-order valence-electron chi connectivity index (χ0n) is 17.0. The number of unbranched alkanes of at least 4 members (excludes halogenated alkanes) is 1. The Balaban J connectivity index is 5.13. The third kappa shape index (κ3) is 11.0. The SMILES string of the molecule is CSCCC(NC(=O)C(CO)NC(=O)C(N)CS)C(=O)NC(CCCCN)C(=O)O. The van der Waals surface area contributed by atoms with Crippen molar-refractivity contribution in [3.63, 3.8) is 0 Å². The number of hydrogen-bond donors (Lipinski definition) is 8. The molecule has 0 saturated heterocycles. The van der Waals surface area contributed by atoms with Gasteiger partial charge in [-0.3, -0.25) is 14.4 Å². The van der Waals surface area contributed by atoms with Gasteiger partial charge in [0.2, 0.25) is 17.7 Å². The second-order valence-corrected chi connectivity index (χ2v) is 7.91. The number of carbonyl (C=O) groups is 4. The number of rotatable bonds is 16. The lowest BCUT2D eigenvalue weighted by molar-refractivity contribution is -0.142. The summed E-state index contributed by atoms with van der Waals surface area (Å²) in [6.07, 6.45) is 3.41. The monoisotopic (exact) mass is 467 g/mol. The number of aliphatic hydroxyl groups is 1. The fourth-order valence-corrected chi connectivity index (χ4v) is 2.99. The van der Waals surface area contributed by atoms with E-state index in [9.17, 15) is 29.4 Å². The molecule has 0 spiro atoms. The molecular formula is C17H33N5O6S2. The number of nitrogens with two attached hydrogens (primary N) is 2. The highest BCUT2D eigenvalue weighted by Gasteiger charge is 2.29. The van der Waals surface area contributed by atoms with Crippen molar-refractivity contribution in [1.82, 2.24) is 16.0 Å². The lowest BCUT2D eigenvalue weighted by Crippen LogP contribution is -2.58. The number of aliphatic hydroxyl groups excluding tert-OH is 1. The lowest BCUT2D eigenvalue weighted by Gasteiger charge is -2.24. The van der Waals surface area contributed by atoms with Crippen molar-refractivity contribution >= 4 is 48.1 Å². The molecule has 174 valence electrons. The van der Waals surface area contributed by atoms with Crippen molar-refractivity contribution in [2.24, 2.45) is 11.5 Å². The van der Waals surface area contributed by atoms with Crippen LogP contribution in [0, 0.1) is 0 Å². The second kappa shape index (κ2) is 16.2. The molecule has 0 aromatic rings. The molecule has 0 bridgehead atoms. The molecule has 0 aromatic carbocycles. The van der Waals surface area contributed by atoms with Gasteiger partial charge in [0, 0.05) is 5.75 Å². The van der Waals surface area contributed by atoms with Crippen molar-refractivity contribution in [2.45, 2.75) is 49.9 Å². The molecule has 0 aromatic heterocycles. The van der Waals surface area contributed by atoms with Crippen molar-refractivity contribution in [1.29, 1.82) is 0 Å². The maximum Gasteiger partial charge on any atom is 0.326 e. The molecule has 11 nitrogen and oxygen atoms in total. The average molecular weight is 468 g/mol. The van der Waals surface area contributed by atoms with Gasteiger partial charge in [-0.25, -0.2) is 4.79 Å². The van der Waals surface area contributed by atoms with Gasteiger partial charge in [0.1, 0.15) is 18.1 Å². The summed E-state index contributed by atoms with van der Waals surface area (Å²) in [5, 5.41) is 26.0. The van der Waals surface area contributed by atoms with Gasteiger partial charge in [-0.15, -0.1) is 0 Å². The Hall–Kier alpha value is -1.54. The maximum absolute atomic E-state index is 12.6. The zero-order chi connectivity index (χ0) is 23.1. The number of carboxylic acid groups (broad SMARTS) is 1. The summed E-state index contributed by atoms with van der Waals surface area (Å²) in [7, 11) is 0. The number of hydrogen-bond acceptors (Lipinski definition) is 9. The molecule has 3 amide bonds. The number of carboxylic acids is 1. The minimum atomic E-state index is -1.31. The van der Waals surface area contributed by atoms with Crippen LogP contribution in [-0.4, -0.2) is 89.0 Å². The lowest BCUT2D eigenvalue weighted by atomic mass is 10.1. The van der Waals surface area contributed by atoms with Crippen LogP contribution in [0.25, 0.3) is 0 Å². The molecule has 0 radical (unpaired) electrons. The van der Waals surface area contributed by atoms with E-state index in [0.29, 0.717) is 25.1 Å². The zero-order valence-corrected chi connectivity index (χ0v) is 18.7. The highest BCUT2D eigenvalue weighted by molar-refractivity contribution is 7.98. The standard InChI is InChI=1S/C17H33N5O6S2/c1-30-7-5-11(15(25)21-12(17(27)28)4-2-3-6-18)20-16(26)13(8-23)22-14(24)10(19)9-29/h10-13,23,29H,2-9,18-19H2,1H3,(H,20,26)(H,21,25)(H,22,24)(H,27,28). The van der Waals surface area contributed by atoms with Crippen LogP contribution in [0.2, 0.25) is 0 Å². The summed E-state index contributed by atoms with van der Waals surface area (Å²) in [6, 6.07) is -4.42. The number of aliphatic carboxylic acids is 1. The van der Waals surface area contributed by atoms with Crippen molar-refractivity contribution in [3.8, 4) is 0 Å². The van der Waals surface area contributed by atoms with Crippen LogP contribution in [0.1, 0.15) is 25.7 Å². The molecular weight excluding hydrogens is 434 g/mol. The first-order valence-corrected chi connectivity index (χ1v) is 11.5. The smallest absolute Gasteiger partial charge is 0.326 e. The normalized spacial score (nSPS) is 14.8. The first-order valence-electron chi connectivity index (χ1n) is 9.51. The number of nitrogens with one attached hydrogen (secondary N) is 3. The van der Waals surface area contributed by atoms with Crippen molar-refractivity contribution in [2.75, 3.05) is 30.9 Å². The van der Waals surface area contributed by atoms with E-state index in [-0.39, 0.29) is 18.6 Å². The van der Waals surface area contributed by atoms with Gasteiger partial charge in [-0.05, 0) is 44.2 Å². The van der Waals surface area contributed by atoms with Gasteiger partial charge in [-0.2, -0.15) is 24.4 Å². The fraction of sp³-hybridized carbons (Fsp3) is 0.765. The number of carbonyl (C=O) groups excluding carboxylic acids is 3. The van der Waals surface area contributed by atoms with E-state index >= 15 is 0 Å². The summed E-state index contributed by atoms with van der Waals surface area (Å²) < 4.78 is 0. The van der Waals surface area contributed by atoms with E-state index < -0.39 is 54.5 Å². The highest BCUT2D eigenvalue weighted by atomic mass is 32.2. The molecule has 0 rings (SSSR count). The fourth-order valence-electron chi connectivity index (χ4n) is 2.36. The van der Waals surface area contributed by atoms with Crippen molar-refractivity contribution in [3.05, 3.63) is 0 Å². The molecule has 0 aliphatic carbocycles. The molecule has 13 heteroatoms. The predicted molar refractivity (Wildman–Crippen MR) is 118 cm³/mol. The van der Waals surface area contributed by atoms with E-state index in [1.807, 2.05) is 6.26 Å². The summed E-state index contributed by atoms with van der Waals surface area (Å²) in [5.41, 5.74) is 10.9. The van der Waals surface area contributed by atoms with Crippen LogP contribution in [0.4, 0.5) is 0 Å². The van der Waals surface area contributed by atoms with Gasteiger partial charge in [0.25, 0.3) is 0 Å². The van der Waals surface area contributed by atoms with E-state index in [4.69, 9.17) is 11.5 Å². The van der Waals surface area contributed by atoms with Crippen molar-refractivity contribution < 1.29 is 29.4 Å². The van der Waals surface area contributed by atoms with E-state index in [1.54, 1.807) is 0 Å². The van der Waals surface area contributed by atoms with E-state index in [1.165, 1.54) is 11.8 Å². The van der Waals surface area contributed by atoms with Crippen LogP contribution < -0.4 is 27.4 Å². The van der Waals surface area contributed by atoms with Crippen LogP contribution in [0.5, 0.6) is 0 Å². The highest BCUT2D eigenvalue weighted by Crippen LogP contribution is 2.05. The minimum absolute atomic E-state index is 0.0467. The Morgan fingerprint density at radius 3 is 2.03 bits per heavy atom. The Bertz CT molecular complexity index is 569. The van der Waals surface area contributed by atoms with Gasteiger partial charge in [0.15, 0.2) is 0 Å². The van der Waals surface area contributed by atoms with Crippen LogP contribution in [0.15, 0.2) is 0 Å². The van der Waals surface area contributed by atoms with Crippen LogP contribution in [-0.2, 0) is 19.2 Å². The molecule has 0 heterocycles. The first kappa shape index (κ1) is 28.5. The molecule has 4 unspecified atom stereocenters. The Kier molecular flexibility index (Phi) is 15.4. The van der Waals surface area contributed by atoms with E-state index in [0.717, 1.165) is 0 Å². The summed E-state index contributed by atoms with van der Waals surface area (Å²) in [4.78, 5) is 48.4. The van der Waals surface area contributed by atoms with Gasteiger partial charge < -0.3 is 37.6 Å². The van der Waals surface area contributed by atoms with Crippen LogP contribution >= 0.6 is 24.4 Å². The summed E-state index contributed by atoms with van der Waals surface area (Å²) >= 11 is 5.34. The molecule has 0 aliphatic rings. The molecule has 0 saturated carbocycles. The van der Waals surface area contributed by atoms with Gasteiger partial charge in [0.05, 0.1) is 12.6 Å². The number of amides is 3. The second-order valence-electron chi connectivity index (χ2n) is 6.56. The molecule has 4 atom stereocenters. The number of thiol groups is 1. The Morgan fingerprint density at radius 1 is 0.967 bits per heavy atom. The van der Waals surface area contributed by atoms with Crippen LogP contribution in [0.3, 0.4) is 0 Å². The third-order valence-corrected chi connectivity index (χ3v) is 5.19. The van der Waals surface area contributed by atoms with Gasteiger partial charge in [-0.1, -0.05) is 0 Å². The third-order valence-electron chi connectivity index (χ3n) is 4.15. The quantitative estimate of drug-likeness (QED) is 0.0905. The minimum Gasteiger partial charge on any atom is -0.480 e. The predicted octanol–water partition coefficient (Wildman–Crippen LogP) is -2.34.